The summed E-state index contributed by atoms with van der Waals surface area (Å²) in [5, 5.41) is 0. The van der Waals surface area contributed by atoms with E-state index in [1.807, 2.05) is 0 Å². The Kier molecular flexibility index (Phi) is 49.3. The third-order valence-electron chi connectivity index (χ3n) is 0. The molecule has 0 amide bonds. The van der Waals surface area contributed by atoms with E-state index in [0.29, 0.717) is 12.6 Å². The van der Waals surface area contributed by atoms with Gasteiger partial charge in [0.05, 0.1) is 0 Å². The maximum absolute atomic E-state index is 2.20. The van der Waals surface area contributed by atoms with Gasteiger partial charge in [-0.2, -0.15) is 0 Å². The Morgan fingerprint density at radius 2 is 1.00 bits per heavy atom. The fourth-order valence-electron chi connectivity index (χ4n) is 0. The number of rotatable bonds is 0. The van der Waals surface area contributed by atoms with E-state index in [4.69, 9.17) is 0 Å². The molecule has 0 saturated carbocycles. The standard InChI is InChI=1S/2Al.3Mo.6H. The predicted octanol–water partition coefficient (Wildman–Crippen LogP) is -2.38. The van der Waals surface area contributed by atoms with Crippen molar-refractivity contribution in [2.75, 3.05) is 0 Å². The van der Waals surface area contributed by atoms with Gasteiger partial charge in [0.15, 0.2) is 34.7 Å². The fourth-order valence-corrected chi connectivity index (χ4v) is 0. The van der Waals surface area contributed by atoms with Crippen LogP contribution in [-0.4, -0.2) is 34.7 Å². The van der Waals surface area contributed by atoms with Gasteiger partial charge in [0.2, 0.25) is 0 Å². The van der Waals surface area contributed by atoms with Crippen molar-refractivity contribution in [2.24, 2.45) is 0 Å². The van der Waals surface area contributed by atoms with Crippen molar-refractivity contribution in [3.63, 3.8) is 0 Å². The van der Waals surface area contributed by atoms with Gasteiger partial charge in [-0.1, -0.05) is 0 Å². The summed E-state index contributed by atoms with van der Waals surface area (Å²) in [5.41, 5.74) is 0. The molecule has 0 aliphatic rings. The molecule has 5 heteroatoms. The van der Waals surface area contributed by atoms with Crippen molar-refractivity contribution >= 4 is 34.7 Å². The average Bonchev–Trinajstić information content (AvgIpc) is 0.918. The monoisotopic (exact) mass is 354 g/mol. The Balaban J connectivity index is -0.0000000200. The van der Waals surface area contributed by atoms with Crippen LogP contribution in [0.4, 0.5) is 0 Å². The van der Waals surface area contributed by atoms with Gasteiger partial charge < -0.3 is 0 Å². The van der Waals surface area contributed by atoms with E-state index >= 15 is 0 Å². The van der Waals surface area contributed by atoms with E-state index in [1.54, 1.807) is 0 Å². The van der Waals surface area contributed by atoms with Crippen molar-refractivity contribution in [3.8, 4) is 0 Å². The minimum absolute atomic E-state index is 0. The summed E-state index contributed by atoms with van der Waals surface area (Å²) >= 11 is 4.90. The molecule has 0 heterocycles. The van der Waals surface area contributed by atoms with Gasteiger partial charge in [0, 0.05) is 0 Å². The van der Waals surface area contributed by atoms with Crippen LogP contribution in [0.25, 0.3) is 0 Å². The fraction of sp³-hybridized carbons (Fsp3) is 0. The van der Waals surface area contributed by atoms with Gasteiger partial charge in [0.1, 0.15) is 0 Å². The van der Waals surface area contributed by atoms with Crippen LogP contribution in [0.3, 0.4) is 0 Å². The first kappa shape index (κ1) is 15.7. The molecule has 0 nitrogen and oxygen atoms in total. The van der Waals surface area contributed by atoms with Gasteiger partial charge >= 0.3 is 46.2 Å². The summed E-state index contributed by atoms with van der Waals surface area (Å²) in [6.45, 7) is 0. The van der Waals surface area contributed by atoms with Crippen LogP contribution in [-0.2, 0) is 46.2 Å². The first-order chi connectivity index (χ1) is 1.41. The molecule has 0 aromatic carbocycles. The van der Waals surface area contributed by atoms with E-state index in [9.17, 15) is 0 Å². The van der Waals surface area contributed by atoms with Crippen LogP contribution in [0.2, 0.25) is 0 Å². The molecule has 0 spiro atoms. The SMILES string of the molecule is [AlH3].[AlH3].[Mo][Mo][Mo]. The second-order valence-electron chi connectivity index (χ2n) is 0.0680. The molecule has 0 saturated heterocycles. The van der Waals surface area contributed by atoms with E-state index < -0.39 is 0 Å². The van der Waals surface area contributed by atoms with E-state index in [0.717, 1.165) is 0 Å². The molecule has 0 radical (unpaired) electrons. The van der Waals surface area contributed by atoms with E-state index in [1.165, 1.54) is 0 Å². The zero-order valence-electron chi connectivity index (χ0n) is 1.22. The molecule has 5 heavy (non-hydrogen) atoms. The Hall–Kier alpha value is 3.13. The topological polar surface area (TPSA) is 0 Å². The summed E-state index contributed by atoms with van der Waals surface area (Å²) in [6, 6.07) is 0. The Morgan fingerprint density at radius 1 is 1.00 bits per heavy atom. The third-order valence-corrected chi connectivity index (χ3v) is 0. The normalized spacial score (nSPS) is 3.20. The molecule has 0 aromatic rings. The number of hydrogen-bond acceptors (Lipinski definition) is 0. The summed E-state index contributed by atoms with van der Waals surface area (Å²) in [7, 11) is 0. The molecular formula is H6Al2Mo3. The van der Waals surface area contributed by atoms with Crippen LogP contribution in [0.1, 0.15) is 0 Å². The van der Waals surface area contributed by atoms with Crippen LogP contribution < -0.4 is 0 Å². The molecule has 0 aliphatic carbocycles. The van der Waals surface area contributed by atoms with Crippen LogP contribution in [0.5, 0.6) is 0 Å². The maximum atomic E-state index is 2.20. The second-order valence-corrected chi connectivity index (χ2v) is 14.1. The van der Waals surface area contributed by atoms with E-state index in [-0.39, 0.29) is 34.7 Å². The molecule has 0 aromatic heterocycles. The predicted molar refractivity (Wildman–Crippen MR) is 19.9 cm³/mol. The molecule has 0 atom stereocenters. The van der Waals surface area contributed by atoms with Crippen molar-refractivity contribution in [2.45, 2.75) is 0 Å². The van der Waals surface area contributed by atoms with Crippen molar-refractivity contribution in [3.05, 3.63) is 0 Å². The van der Waals surface area contributed by atoms with Crippen LogP contribution >= 0.6 is 0 Å². The Bertz CT molecular complexity index is 4.85. The molecular weight excluding hydrogens is 342 g/mol. The average molecular weight is 348 g/mol. The van der Waals surface area contributed by atoms with Crippen molar-refractivity contribution < 1.29 is 46.2 Å². The van der Waals surface area contributed by atoms with Crippen LogP contribution in [0, 0.1) is 0 Å². The Morgan fingerprint density at radius 3 is 1.00 bits per heavy atom. The molecule has 0 bridgehead atoms. The van der Waals surface area contributed by atoms with Crippen LogP contribution in [0.15, 0.2) is 0 Å². The molecule has 0 N–H and O–H groups in total. The first-order valence-corrected chi connectivity index (χ1v) is 11.7. The van der Waals surface area contributed by atoms with Gasteiger partial charge in [-0.3, -0.25) is 0 Å². The summed E-state index contributed by atoms with van der Waals surface area (Å²) < 4.78 is 0. The van der Waals surface area contributed by atoms with Crippen molar-refractivity contribution in [1.29, 1.82) is 0 Å². The molecule has 0 rings (SSSR count). The summed E-state index contributed by atoms with van der Waals surface area (Å²) in [5.74, 6) is 0. The minimum atomic E-state index is 0. The van der Waals surface area contributed by atoms with Gasteiger partial charge in [0.25, 0.3) is 0 Å². The quantitative estimate of drug-likeness (QED) is 0.430. The number of hydrogen-bond donors (Lipinski definition) is 0. The third kappa shape index (κ3) is 19.2. The first-order valence-electron chi connectivity index (χ1n) is 0.333. The van der Waals surface area contributed by atoms with Crippen molar-refractivity contribution in [1.82, 2.24) is 0 Å². The van der Waals surface area contributed by atoms with Gasteiger partial charge in [-0.15, -0.1) is 0 Å². The van der Waals surface area contributed by atoms with Gasteiger partial charge in [-0.25, -0.2) is 0 Å². The molecule has 0 aliphatic heterocycles. The molecule has 0 unspecified atom stereocenters. The van der Waals surface area contributed by atoms with E-state index in [2.05, 4.69) is 33.6 Å². The van der Waals surface area contributed by atoms with Gasteiger partial charge in [-0.05, 0) is 0 Å². The summed E-state index contributed by atoms with van der Waals surface area (Å²) in [4.78, 5) is 0. The second kappa shape index (κ2) is 15.7. The molecule has 0 fully saturated rings. The summed E-state index contributed by atoms with van der Waals surface area (Å²) in [6.07, 6.45) is 0. The zero-order valence-corrected chi connectivity index (χ0v) is 7.25. The Labute approximate surface area is 79.3 Å². The molecule has 30 valence electrons. The zero-order chi connectivity index (χ0) is 2.71.